The van der Waals surface area contributed by atoms with Crippen molar-refractivity contribution in [1.82, 2.24) is 0 Å². The van der Waals surface area contributed by atoms with Crippen LogP contribution in [-0.2, 0) is 16.0 Å². The first-order valence-electron chi connectivity index (χ1n) is 8.26. The van der Waals surface area contributed by atoms with E-state index in [1.54, 1.807) is 45.4 Å². The van der Waals surface area contributed by atoms with E-state index in [9.17, 15) is 9.59 Å². The van der Waals surface area contributed by atoms with Gasteiger partial charge in [-0.1, -0.05) is 12.1 Å². The number of aryl methyl sites for hydroxylation is 1. The first-order chi connectivity index (χ1) is 12.6. The summed E-state index contributed by atoms with van der Waals surface area (Å²) in [4.78, 5) is 23.8. The highest BCUT2D eigenvalue weighted by Crippen LogP contribution is 2.28. The summed E-state index contributed by atoms with van der Waals surface area (Å²) in [5.74, 6) is 0.722. The Bertz CT molecular complexity index is 769. The lowest BCUT2D eigenvalue weighted by Crippen LogP contribution is -2.10. The van der Waals surface area contributed by atoms with Gasteiger partial charge in [0.15, 0.2) is 11.5 Å². The van der Waals surface area contributed by atoms with Gasteiger partial charge >= 0.3 is 11.9 Å². The van der Waals surface area contributed by atoms with Crippen molar-refractivity contribution in [2.45, 2.75) is 19.8 Å². The van der Waals surface area contributed by atoms with E-state index in [0.29, 0.717) is 29.2 Å². The lowest BCUT2D eigenvalue weighted by Gasteiger charge is -2.10. The predicted octanol–water partition coefficient (Wildman–Crippen LogP) is 3.42. The van der Waals surface area contributed by atoms with Gasteiger partial charge < -0.3 is 18.9 Å². The number of benzene rings is 2. The molecule has 0 saturated carbocycles. The molecule has 0 amide bonds. The van der Waals surface area contributed by atoms with Crippen LogP contribution in [0.5, 0.6) is 17.2 Å². The van der Waals surface area contributed by atoms with Crippen molar-refractivity contribution in [3.05, 3.63) is 53.6 Å². The molecule has 0 aliphatic rings. The first-order valence-corrected chi connectivity index (χ1v) is 8.26. The predicted molar refractivity (Wildman–Crippen MR) is 95.9 cm³/mol. The van der Waals surface area contributed by atoms with Gasteiger partial charge in [0.25, 0.3) is 0 Å². The third-order valence-electron chi connectivity index (χ3n) is 3.64. The highest BCUT2D eigenvalue weighted by Gasteiger charge is 2.11. The second-order valence-corrected chi connectivity index (χ2v) is 5.41. The Morgan fingerprint density at radius 2 is 1.73 bits per heavy atom. The van der Waals surface area contributed by atoms with Gasteiger partial charge in [0, 0.05) is 6.42 Å². The summed E-state index contributed by atoms with van der Waals surface area (Å²) in [7, 11) is 3.13. The molecule has 0 bridgehead atoms. The molecule has 0 fully saturated rings. The van der Waals surface area contributed by atoms with Gasteiger partial charge in [0.05, 0.1) is 26.4 Å². The maximum absolute atomic E-state index is 12.1. The molecule has 0 atom stereocenters. The molecule has 0 heterocycles. The van der Waals surface area contributed by atoms with Crippen LogP contribution in [0.3, 0.4) is 0 Å². The Morgan fingerprint density at radius 3 is 2.42 bits per heavy atom. The van der Waals surface area contributed by atoms with Crippen molar-refractivity contribution >= 4 is 11.9 Å². The number of carbonyl (C=O) groups excluding carboxylic acids is 2. The van der Waals surface area contributed by atoms with E-state index in [1.807, 2.05) is 12.1 Å². The SMILES string of the molecule is CCOC(=O)c1cccc(OC(=O)CCc2ccc(OC)c(OC)c2)c1. The smallest absolute Gasteiger partial charge is 0.338 e. The Labute approximate surface area is 152 Å². The molecule has 6 heteroatoms. The normalized spacial score (nSPS) is 10.1. The van der Waals surface area contributed by atoms with Crippen LogP contribution in [0.2, 0.25) is 0 Å². The molecular formula is C20H22O6. The molecule has 26 heavy (non-hydrogen) atoms. The fraction of sp³-hybridized carbons (Fsp3) is 0.300. The monoisotopic (exact) mass is 358 g/mol. The van der Waals surface area contributed by atoms with Gasteiger partial charge in [-0.15, -0.1) is 0 Å². The zero-order chi connectivity index (χ0) is 18.9. The second kappa shape index (κ2) is 9.46. The number of rotatable bonds is 8. The quantitative estimate of drug-likeness (QED) is 0.532. The van der Waals surface area contributed by atoms with E-state index in [-0.39, 0.29) is 19.0 Å². The molecule has 0 saturated heterocycles. The van der Waals surface area contributed by atoms with Crippen LogP contribution >= 0.6 is 0 Å². The molecule has 2 aromatic rings. The largest absolute Gasteiger partial charge is 0.493 e. The van der Waals surface area contributed by atoms with E-state index >= 15 is 0 Å². The molecule has 0 spiro atoms. The van der Waals surface area contributed by atoms with Crippen LogP contribution in [0.15, 0.2) is 42.5 Å². The summed E-state index contributed by atoms with van der Waals surface area (Å²) in [5, 5.41) is 0. The van der Waals surface area contributed by atoms with E-state index in [1.165, 1.54) is 6.07 Å². The Balaban J connectivity index is 1.95. The summed E-state index contributed by atoms with van der Waals surface area (Å²) >= 11 is 0. The van der Waals surface area contributed by atoms with Gasteiger partial charge in [-0.2, -0.15) is 0 Å². The minimum absolute atomic E-state index is 0.194. The molecule has 6 nitrogen and oxygen atoms in total. The molecule has 0 radical (unpaired) electrons. The zero-order valence-corrected chi connectivity index (χ0v) is 15.1. The third kappa shape index (κ3) is 5.24. The van der Waals surface area contributed by atoms with Gasteiger partial charge in [0.2, 0.25) is 0 Å². The standard InChI is InChI=1S/C20H22O6/c1-4-25-20(22)15-6-5-7-16(13-15)26-19(21)11-9-14-8-10-17(23-2)18(12-14)24-3/h5-8,10,12-13H,4,9,11H2,1-3H3. The Hall–Kier alpha value is -3.02. The summed E-state index contributed by atoms with van der Waals surface area (Å²) in [6, 6.07) is 11.9. The van der Waals surface area contributed by atoms with Gasteiger partial charge in [-0.25, -0.2) is 4.79 Å². The van der Waals surface area contributed by atoms with Crippen LogP contribution in [0.4, 0.5) is 0 Å². The molecule has 0 unspecified atom stereocenters. The molecule has 138 valence electrons. The van der Waals surface area contributed by atoms with Crippen LogP contribution in [0.1, 0.15) is 29.3 Å². The second-order valence-electron chi connectivity index (χ2n) is 5.41. The van der Waals surface area contributed by atoms with Crippen molar-refractivity contribution < 1.29 is 28.5 Å². The van der Waals surface area contributed by atoms with E-state index in [0.717, 1.165) is 5.56 Å². The highest BCUT2D eigenvalue weighted by molar-refractivity contribution is 5.90. The van der Waals surface area contributed by atoms with Crippen molar-refractivity contribution in [3.8, 4) is 17.2 Å². The van der Waals surface area contributed by atoms with Crippen molar-refractivity contribution in [2.75, 3.05) is 20.8 Å². The summed E-state index contributed by atoms with van der Waals surface area (Å²) in [6.07, 6.45) is 0.690. The number of ether oxygens (including phenoxy) is 4. The molecule has 2 rings (SSSR count). The van der Waals surface area contributed by atoms with E-state index in [4.69, 9.17) is 18.9 Å². The average Bonchev–Trinajstić information content (AvgIpc) is 2.66. The van der Waals surface area contributed by atoms with Crippen LogP contribution in [0, 0.1) is 0 Å². The van der Waals surface area contributed by atoms with Crippen LogP contribution in [-0.4, -0.2) is 32.8 Å². The summed E-state index contributed by atoms with van der Waals surface area (Å²) in [5.41, 5.74) is 1.27. The topological polar surface area (TPSA) is 71.1 Å². The lowest BCUT2D eigenvalue weighted by atomic mass is 10.1. The maximum atomic E-state index is 12.1. The van der Waals surface area contributed by atoms with E-state index < -0.39 is 5.97 Å². The number of carbonyl (C=O) groups is 2. The van der Waals surface area contributed by atoms with Gasteiger partial charge in [-0.3, -0.25) is 4.79 Å². The molecule has 0 N–H and O–H groups in total. The fourth-order valence-corrected chi connectivity index (χ4v) is 2.37. The zero-order valence-electron chi connectivity index (χ0n) is 15.1. The lowest BCUT2D eigenvalue weighted by molar-refractivity contribution is -0.134. The van der Waals surface area contributed by atoms with Gasteiger partial charge in [0.1, 0.15) is 5.75 Å². The Morgan fingerprint density at radius 1 is 0.962 bits per heavy atom. The van der Waals surface area contributed by atoms with E-state index in [2.05, 4.69) is 0 Å². The number of methoxy groups -OCH3 is 2. The summed E-state index contributed by atoms with van der Waals surface area (Å²) < 4.78 is 20.7. The molecule has 2 aromatic carbocycles. The number of hydrogen-bond donors (Lipinski definition) is 0. The molecule has 0 aromatic heterocycles. The van der Waals surface area contributed by atoms with Crippen LogP contribution in [0.25, 0.3) is 0 Å². The molecular weight excluding hydrogens is 336 g/mol. The molecule has 0 aliphatic carbocycles. The number of esters is 2. The van der Waals surface area contributed by atoms with Crippen LogP contribution < -0.4 is 14.2 Å². The maximum Gasteiger partial charge on any atom is 0.338 e. The molecule has 0 aliphatic heterocycles. The third-order valence-corrected chi connectivity index (χ3v) is 3.64. The van der Waals surface area contributed by atoms with Gasteiger partial charge in [-0.05, 0) is 49.2 Å². The minimum atomic E-state index is -0.448. The summed E-state index contributed by atoms with van der Waals surface area (Å²) in [6.45, 7) is 2.02. The van der Waals surface area contributed by atoms with Crippen molar-refractivity contribution in [1.29, 1.82) is 0 Å². The average molecular weight is 358 g/mol. The van der Waals surface area contributed by atoms with Crippen molar-refractivity contribution in [3.63, 3.8) is 0 Å². The Kier molecular flexibility index (Phi) is 7.02. The van der Waals surface area contributed by atoms with Crippen molar-refractivity contribution in [2.24, 2.45) is 0 Å². The first kappa shape index (κ1) is 19.3. The fourth-order valence-electron chi connectivity index (χ4n) is 2.37. The highest BCUT2D eigenvalue weighted by atomic mass is 16.5. The number of hydrogen-bond acceptors (Lipinski definition) is 6. The minimum Gasteiger partial charge on any atom is -0.493 e.